The molecule has 2 aromatic heterocycles. The molecule has 0 aliphatic rings. The maximum Gasteiger partial charge on any atom is 0.271 e. The summed E-state index contributed by atoms with van der Waals surface area (Å²) in [5.41, 5.74) is 1.77. The summed E-state index contributed by atoms with van der Waals surface area (Å²) in [5, 5.41) is 2.73. The summed E-state index contributed by atoms with van der Waals surface area (Å²) >= 11 is 0. The van der Waals surface area contributed by atoms with Crippen LogP contribution < -0.4 is 5.32 Å². The number of benzene rings is 1. The summed E-state index contributed by atoms with van der Waals surface area (Å²) in [4.78, 5) is 27.3. The summed E-state index contributed by atoms with van der Waals surface area (Å²) in [6, 6.07) is 7.42. The highest BCUT2D eigenvalue weighted by Gasteiger charge is 2.09. The molecule has 6 heteroatoms. The highest BCUT2D eigenvalue weighted by molar-refractivity contribution is 5.93. The fourth-order valence-electron chi connectivity index (χ4n) is 1.72. The van der Waals surface area contributed by atoms with Gasteiger partial charge >= 0.3 is 0 Å². The summed E-state index contributed by atoms with van der Waals surface area (Å²) in [5.74, 6) is 0.428. The van der Waals surface area contributed by atoms with Crippen LogP contribution in [0, 0.1) is 0 Å². The number of nitrogens with one attached hydrogen (secondary N) is 2. The summed E-state index contributed by atoms with van der Waals surface area (Å²) in [6.45, 7) is 0.334. The van der Waals surface area contributed by atoms with Crippen molar-refractivity contribution in [3.8, 4) is 0 Å². The zero-order valence-corrected chi connectivity index (χ0v) is 10.00. The number of H-pyrrole nitrogens is 1. The number of amides is 1. The van der Waals surface area contributed by atoms with Gasteiger partial charge in [-0.25, -0.2) is 9.97 Å². The van der Waals surface area contributed by atoms with Crippen molar-refractivity contribution >= 4 is 16.9 Å². The molecule has 0 aliphatic carbocycles. The van der Waals surface area contributed by atoms with E-state index in [4.69, 9.17) is 0 Å². The van der Waals surface area contributed by atoms with Crippen LogP contribution in [0.2, 0.25) is 0 Å². The molecule has 3 rings (SSSR count). The van der Waals surface area contributed by atoms with Crippen LogP contribution in [0.15, 0.2) is 42.9 Å². The van der Waals surface area contributed by atoms with Crippen LogP contribution in [0.4, 0.5) is 0 Å². The quantitative estimate of drug-likeness (QED) is 0.736. The van der Waals surface area contributed by atoms with Crippen LogP contribution in [-0.4, -0.2) is 25.8 Å². The van der Waals surface area contributed by atoms with Gasteiger partial charge < -0.3 is 10.3 Å². The Morgan fingerprint density at radius 1 is 1.21 bits per heavy atom. The molecular formula is C13H11N5O. The zero-order chi connectivity index (χ0) is 13.1. The van der Waals surface area contributed by atoms with Crippen LogP contribution in [0.25, 0.3) is 11.0 Å². The van der Waals surface area contributed by atoms with E-state index in [-0.39, 0.29) is 5.91 Å². The van der Waals surface area contributed by atoms with Gasteiger partial charge in [0, 0.05) is 12.4 Å². The second kappa shape index (κ2) is 4.85. The third-order valence-electron chi connectivity index (χ3n) is 2.65. The lowest BCUT2D eigenvalue weighted by atomic mass is 10.3. The van der Waals surface area contributed by atoms with Crippen LogP contribution in [0.3, 0.4) is 0 Å². The molecular weight excluding hydrogens is 242 g/mol. The number of hydrogen-bond acceptors (Lipinski definition) is 4. The molecule has 0 radical (unpaired) electrons. The predicted octanol–water partition coefficient (Wildman–Crippen LogP) is 1.28. The number of imidazole rings is 1. The van der Waals surface area contributed by atoms with Crippen molar-refractivity contribution in [2.75, 3.05) is 0 Å². The standard InChI is InChI=1S/C13H11N5O/c19-13(17-8-12-14-5-6-15-12)11-7-16-9-3-1-2-4-10(9)18-11/h1-7H,8H2,(H,14,15)(H,17,19). The average Bonchev–Trinajstić information content (AvgIpc) is 2.97. The molecule has 2 heterocycles. The Hall–Kier alpha value is -2.76. The number of carbonyl (C=O) groups excluding carboxylic acids is 1. The number of carbonyl (C=O) groups is 1. The van der Waals surface area contributed by atoms with Crippen LogP contribution in [0.5, 0.6) is 0 Å². The molecule has 0 spiro atoms. The van der Waals surface area contributed by atoms with E-state index in [2.05, 4.69) is 25.3 Å². The Bertz CT molecular complexity index is 708. The Kier molecular flexibility index (Phi) is 2.89. The number of aromatic nitrogens is 4. The molecule has 3 aromatic rings. The van der Waals surface area contributed by atoms with E-state index in [0.717, 1.165) is 5.52 Å². The number of aromatic amines is 1. The molecule has 19 heavy (non-hydrogen) atoms. The van der Waals surface area contributed by atoms with E-state index in [1.54, 1.807) is 12.4 Å². The molecule has 0 bridgehead atoms. The van der Waals surface area contributed by atoms with Gasteiger partial charge in [-0.05, 0) is 12.1 Å². The van der Waals surface area contributed by atoms with E-state index in [0.29, 0.717) is 23.6 Å². The predicted molar refractivity (Wildman–Crippen MR) is 69.3 cm³/mol. The van der Waals surface area contributed by atoms with Crippen molar-refractivity contribution in [3.63, 3.8) is 0 Å². The van der Waals surface area contributed by atoms with Crippen molar-refractivity contribution in [1.82, 2.24) is 25.3 Å². The molecule has 1 amide bonds. The first kappa shape index (κ1) is 11.3. The van der Waals surface area contributed by atoms with E-state index in [1.807, 2.05) is 24.3 Å². The number of hydrogen-bond donors (Lipinski definition) is 2. The molecule has 94 valence electrons. The Balaban J connectivity index is 1.77. The number of rotatable bonds is 3. The first-order valence-electron chi connectivity index (χ1n) is 5.81. The molecule has 6 nitrogen and oxygen atoms in total. The summed E-state index contributed by atoms with van der Waals surface area (Å²) < 4.78 is 0. The third kappa shape index (κ3) is 2.42. The number of nitrogens with zero attached hydrogens (tertiary/aromatic N) is 3. The van der Waals surface area contributed by atoms with Gasteiger partial charge in [-0.3, -0.25) is 9.78 Å². The van der Waals surface area contributed by atoms with Crippen LogP contribution in [0.1, 0.15) is 16.3 Å². The van der Waals surface area contributed by atoms with E-state index < -0.39 is 0 Å². The van der Waals surface area contributed by atoms with Crippen LogP contribution in [-0.2, 0) is 6.54 Å². The topological polar surface area (TPSA) is 83.6 Å². The first-order valence-corrected chi connectivity index (χ1v) is 5.81. The first-order chi connectivity index (χ1) is 9.33. The minimum Gasteiger partial charge on any atom is -0.347 e. The average molecular weight is 253 g/mol. The second-order valence-electron chi connectivity index (χ2n) is 3.96. The molecule has 0 atom stereocenters. The maximum absolute atomic E-state index is 11.9. The monoisotopic (exact) mass is 253 g/mol. The van der Waals surface area contributed by atoms with E-state index >= 15 is 0 Å². The van der Waals surface area contributed by atoms with Crippen molar-refractivity contribution in [2.24, 2.45) is 0 Å². The van der Waals surface area contributed by atoms with Crippen molar-refractivity contribution < 1.29 is 4.79 Å². The summed E-state index contributed by atoms with van der Waals surface area (Å²) in [6.07, 6.45) is 4.81. The normalized spacial score (nSPS) is 10.5. The minimum absolute atomic E-state index is 0.269. The summed E-state index contributed by atoms with van der Waals surface area (Å²) in [7, 11) is 0. The Morgan fingerprint density at radius 3 is 2.84 bits per heavy atom. The largest absolute Gasteiger partial charge is 0.347 e. The molecule has 0 saturated heterocycles. The van der Waals surface area contributed by atoms with Gasteiger partial charge in [-0.2, -0.15) is 0 Å². The number of fused-ring (bicyclic) bond motifs is 1. The molecule has 0 fully saturated rings. The van der Waals surface area contributed by atoms with Gasteiger partial charge in [0.15, 0.2) is 0 Å². The van der Waals surface area contributed by atoms with E-state index in [9.17, 15) is 4.79 Å². The molecule has 1 aromatic carbocycles. The fraction of sp³-hybridized carbons (Fsp3) is 0.0769. The molecule has 0 aliphatic heterocycles. The lowest BCUT2D eigenvalue weighted by Crippen LogP contribution is -2.24. The Morgan fingerprint density at radius 2 is 2.05 bits per heavy atom. The van der Waals surface area contributed by atoms with Gasteiger partial charge in [-0.15, -0.1) is 0 Å². The lowest BCUT2D eigenvalue weighted by molar-refractivity contribution is 0.0945. The highest BCUT2D eigenvalue weighted by atomic mass is 16.1. The van der Waals surface area contributed by atoms with Crippen molar-refractivity contribution in [1.29, 1.82) is 0 Å². The zero-order valence-electron chi connectivity index (χ0n) is 10.00. The Labute approximate surface area is 108 Å². The molecule has 2 N–H and O–H groups in total. The second-order valence-corrected chi connectivity index (χ2v) is 3.96. The SMILES string of the molecule is O=C(NCc1ncc[nH]1)c1cnc2ccccc2n1. The minimum atomic E-state index is -0.269. The van der Waals surface area contributed by atoms with Gasteiger partial charge in [-0.1, -0.05) is 12.1 Å². The van der Waals surface area contributed by atoms with Gasteiger partial charge in [0.25, 0.3) is 5.91 Å². The smallest absolute Gasteiger partial charge is 0.271 e. The fourth-order valence-corrected chi connectivity index (χ4v) is 1.72. The highest BCUT2D eigenvalue weighted by Crippen LogP contribution is 2.08. The lowest BCUT2D eigenvalue weighted by Gasteiger charge is -2.03. The maximum atomic E-state index is 11.9. The van der Waals surface area contributed by atoms with Crippen molar-refractivity contribution in [3.05, 3.63) is 54.4 Å². The molecule has 0 saturated carbocycles. The van der Waals surface area contributed by atoms with Crippen LogP contribution >= 0.6 is 0 Å². The van der Waals surface area contributed by atoms with E-state index in [1.165, 1.54) is 6.20 Å². The van der Waals surface area contributed by atoms with Gasteiger partial charge in [0.1, 0.15) is 11.5 Å². The van der Waals surface area contributed by atoms with Gasteiger partial charge in [0.05, 0.1) is 23.8 Å². The molecule has 0 unspecified atom stereocenters. The van der Waals surface area contributed by atoms with Gasteiger partial charge in [0.2, 0.25) is 0 Å². The van der Waals surface area contributed by atoms with Crippen molar-refractivity contribution in [2.45, 2.75) is 6.54 Å². The third-order valence-corrected chi connectivity index (χ3v) is 2.65. The number of para-hydroxylation sites is 2.